The molecule has 1 aromatic carbocycles. The van der Waals surface area contributed by atoms with Crippen LogP contribution in [0.1, 0.15) is 21.7 Å². The van der Waals surface area contributed by atoms with E-state index in [1.165, 1.54) is 21.2 Å². The Balaban J connectivity index is 1.50. The second-order valence-electron chi connectivity index (χ2n) is 6.96. The largest absolute Gasteiger partial charge is 0.351 e. The van der Waals surface area contributed by atoms with Gasteiger partial charge in [0.2, 0.25) is 10.0 Å². The number of thiophene rings is 1. The third-order valence-electron chi connectivity index (χ3n) is 4.72. The molecule has 1 saturated heterocycles. The van der Waals surface area contributed by atoms with Gasteiger partial charge in [-0.2, -0.15) is 16.1 Å². The quantitative estimate of drug-likeness (QED) is 0.591. The number of carbonyl (C=O) groups is 1. The van der Waals surface area contributed by atoms with Crippen LogP contribution < -0.4 is 5.32 Å². The summed E-state index contributed by atoms with van der Waals surface area (Å²) in [5.41, 5.74) is 1.25. The van der Waals surface area contributed by atoms with Crippen LogP contribution in [0.3, 0.4) is 0 Å². The summed E-state index contributed by atoms with van der Waals surface area (Å²) in [5.74, 6) is 1.28. The SMILES string of the molecule is CN(CCCNC(=O)c1sccc1S(=O)(=O)N1CCSCC1)Cc1ccccc1. The number of rotatable bonds is 9. The molecule has 0 unspecified atom stereocenters. The maximum Gasteiger partial charge on any atom is 0.262 e. The van der Waals surface area contributed by atoms with Crippen molar-refractivity contribution in [2.75, 3.05) is 44.7 Å². The fourth-order valence-corrected chi connectivity index (χ4v) is 7.09. The first-order chi connectivity index (χ1) is 14.0. The third-order valence-corrected chi connectivity index (χ3v) is 8.65. The first-order valence-corrected chi connectivity index (χ1v) is 13.1. The fourth-order valence-electron chi connectivity index (χ4n) is 3.20. The van der Waals surface area contributed by atoms with Gasteiger partial charge < -0.3 is 10.2 Å². The van der Waals surface area contributed by atoms with Gasteiger partial charge in [0.1, 0.15) is 9.77 Å². The number of benzene rings is 1. The minimum atomic E-state index is -3.61. The maximum absolute atomic E-state index is 12.9. The van der Waals surface area contributed by atoms with Gasteiger partial charge in [0, 0.05) is 37.7 Å². The Morgan fingerprint density at radius 1 is 1.17 bits per heavy atom. The van der Waals surface area contributed by atoms with Crippen LogP contribution in [0.5, 0.6) is 0 Å². The smallest absolute Gasteiger partial charge is 0.262 e. The van der Waals surface area contributed by atoms with E-state index in [0.29, 0.717) is 19.6 Å². The summed E-state index contributed by atoms with van der Waals surface area (Å²) in [4.78, 5) is 15.2. The van der Waals surface area contributed by atoms with Gasteiger partial charge in [-0.15, -0.1) is 11.3 Å². The van der Waals surface area contributed by atoms with E-state index in [9.17, 15) is 13.2 Å². The molecular formula is C20H27N3O3S3. The first-order valence-electron chi connectivity index (χ1n) is 9.64. The Morgan fingerprint density at radius 2 is 1.90 bits per heavy atom. The number of sulfonamides is 1. The van der Waals surface area contributed by atoms with Crippen molar-refractivity contribution in [2.45, 2.75) is 17.9 Å². The highest BCUT2D eigenvalue weighted by Gasteiger charge is 2.31. The summed E-state index contributed by atoms with van der Waals surface area (Å²) >= 11 is 2.93. The van der Waals surface area contributed by atoms with Gasteiger partial charge in [0.05, 0.1) is 0 Å². The van der Waals surface area contributed by atoms with E-state index >= 15 is 0 Å². The van der Waals surface area contributed by atoms with Gasteiger partial charge in [-0.1, -0.05) is 30.3 Å². The molecule has 0 radical (unpaired) electrons. The molecule has 1 aliphatic rings. The van der Waals surface area contributed by atoms with Crippen molar-refractivity contribution in [3.8, 4) is 0 Å². The molecular weight excluding hydrogens is 426 g/mol. The molecule has 1 fully saturated rings. The molecule has 0 aliphatic carbocycles. The van der Waals surface area contributed by atoms with Gasteiger partial charge >= 0.3 is 0 Å². The highest BCUT2D eigenvalue weighted by Crippen LogP contribution is 2.27. The van der Waals surface area contributed by atoms with Crippen LogP contribution in [0.2, 0.25) is 0 Å². The Morgan fingerprint density at radius 3 is 2.62 bits per heavy atom. The van der Waals surface area contributed by atoms with Crippen molar-refractivity contribution in [3.05, 3.63) is 52.2 Å². The average molecular weight is 454 g/mol. The Labute approximate surface area is 181 Å². The van der Waals surface area contributed by atoms with Crippen LogP contribution in [0, 0.1) is 0 Å². The summed E-state index contributed by atoms with van der Waals surface area (Å²) in [7, 11) is -1.56. The lowest BCUT2D eigenvalue weighted by molar-refractivity contribution is 0.0953. The van der Waals surface area contributed by atoms with Gasteiger partial charge in [0.15, 0.2) is 0 Å². The van der Waals surface area contributed by atoms with Crippen molar-refractivity contribution < 1.29 is 13.2 Å². The molecule has 0 bridgehead atoms. The third kappa shape index (κ3) is 6.05. The van der Waals surface area contributed by atoms with Crippen molar-refractivity contribution >= 4 is 39.0 Å². The predicted octanol–water partition coefficient (Wildman–Crippen LogP) is 2.74. The summed E-state index contributed by atoms with van der Waals surface area (Å²) < 4.78 is 27.3. The molecule has 0 saturated carbocycles. The standard InChI is InChI=1S/C20H27N3O3S3/c1-22(16-17-6-3-2-4-7-17)10-5-9-21-20(24)19-18(8-13-28-19)29(25,26)23-11-14-27-15-12-23/h2-4,6-8,13H,5,9-12,14-16H2,1H3,(H,21,24). The zero-order chi connectivity index (χ0) is 20.7. The molecule has 2 heterocycles. The van der Waals surface area contributed by atoms with Gasteiger partial charge in [-0.05, 0) is 37.0 Å². The van der Waals surface area contributed by atoms with Crippen molar-refractivity contribution in [1.29, 1.82) is 0 Å². The molecule has 1 N–H and O–H groups in total. The molecule has 0 spiro atoms. The molecule has 2 aromatic rings. The molecule has 9 heteroatoms. The molecule has 1 aromatic heterocycles. The molecule has 158 valence electrons. The Kier molecular flexibility index (Phi) is 8.14. The molecule has 3 rings (SSSR count). The van der Waals surface area contributed by atoms with E-state index < -0.39 is 10.0 Å². The summed E-state index contributed by atoms with van der Waals surface area (Å²) in [6.07, 6.45) is 0.798. The van der Waals surface area contributed by atoms with Crippen LogP contribution >= 0.6 is 23.1 Å². The molecule has 0 atom stereocenters. The van der Waals surface area contributed by atoms with Gasteiger partial charge in [-0.3, -0.25) is 4.79 Å². The van der Waals surface area contributed by atoms with Crippen LogP contribution in [0.4, 0.5) is 0 Å². The molecule has 1 aliphatic heterocycles. The molecule has 6 nitrogen and oxygen atoms in total. The lowest BCUT2D eigenvalue weighted by Gasteiger charge is -2.25. The number of amides is 1. The number of hydrogen-bond acceptors (Lipinski definition) is 6. The summed E-state index contributed by atoms with van der Waals surface area (Å²) in [6.45, 7) is 3.21. The molecule has 29 heavy (non-hydrogen) atoms. The highest BCUT2D eigenvalue weighted by atomic mass is 32.2. The monoisotopic (exact) mass is 453 g/mol. The minimum absolute atomic E-state index is 0.132. The number of nitrogens with zero attached hydrogens (tertiary/aromatic N) is 2. The lowest BCUT2D eigenvalue weighted by Crippen LogP contribution is -2.38. The highest BCUT2D eigenvalue weighted by molar-refractivity contribution is 7.99. The van der Waals surface area contributed by atoms with Gasteiger partial charge in [-0.25, -0.2) is 8.42 Å². The van der Waals surface area contributed by atoms with E-state index in [0.717, 1.165) is 31.0 Å². The zero-order valence-electron chi connectivity index (χ0n) is 16.5. The van der Waals surface area contributed by atoms with Crippen molar-refractivity contribution in [2.24, 2.45) is 0 Å². The second kappa shape index (κ2) is 10.6. The van der Waals surface area contributed by atoms with Crippen LogP contribution in [-0.4, -0.2) is 68.3 Å². The van der Waals surface area contributed by atoms with E-state index in [2.05, 4.69) is 29.4 Å². The molecule has 1 amide bonds. The predicted molar refractivity (Wildman–Crippen MR) is 120 cm³/mol. The van der Waals surface area contributed by atoms with E-state index in [-0.39, 0.29) is 15.7 Å². The van der Waals surface area contributed by atoms with E-state index in [1.807, 2.05) is 18.2 Å². The van der Waals surface area contributed by atoms with Crippen LogP contribution in [0.25, 0.3) is 0 Å². The Hall–Kier alpha value is -1.39. The number of carbonyl (C=O) groups excluding carboxylic acids is 1. The van der Waals surface area contributed by atoms with Crippen molar-refractivity contribution in [1.82, 2.24) is 14.5 Å². The van der Waals surface area contributed by atoms with E-state index in [4.69, 9.17) is 0 Å². The van der Waals surface area contributed by atoms with Crippen molar-refractivity contribution in [3.63, 3.8) is 0 Å². The number of hydrogen-bond donors (Lipinski definition) is 1. The normalized spacial score (nSPS) is 15.5. The first kappa shape index (κ1) is 22.3. The van der Waals surface area contributed by atoms with Gasteiger partial charge in [0.25, 0.3) is 5.91 Å². The second-order valence-corrected chi connectivity index (χ2v) is 11.0. The fraction of sp³-hybridized carbons (Fsp3) is 0.450. The topological polar surface area (TPSA) is 69.7 Å². The average Bonchev–Trinajstić information content (AvgIpc) is 3.23. The van der Waals surface area contributed by atoms with E-state index in [1.54, 1.807) is 23.2 Å². The maximum atomic E-state index is 12.9. The summed E-state index contributed by atoms with van der Waals surface area (Å²) in [5, 5.41) is 4.55. The van der Waals surface area contributed by atoms with Crippen LogP contribution in [0.15, 0.2) is 46.7 Å². The zero-order valence-corrected chi connectivity index (χ0v) is 19.0. The number of nitrogens with one attached hydrogen (secondary N) is 1. The Bertz CT molecular complexity index is 894. The minimum Gasteiger partial charge on any atom is -0.351 e. The number of thioether (sulfide) groups is 1. The summed E-state index contributed by atoms with van der Waals surface area (Å²) in [6, 6.07) is 11.8. The van der Waals surface area contributed by atoms with Crippen LogP contribution in [-0.2, 0) is 16.6 Å². The lowest BCUT2D eigenvalue weighted by atomic mass is 10.2.